The second-order valence-electron chi connectivity index (χ2n) is 6.58. The summed E-state index contributed by atoms with van der Waals surface area (Å²) < 4.78 is 5.92. The van der Waals surface area contributed by atoms with Crippen molar-refractivity contribution in [1.29, 1.82) is 0 Å². The topological polar surface area (TPSA) is 12.5 Å². The number of fused-ring (bicyclic) bond motifs is 4. The minimum absolute atomic E-state index is 0.505. The van der Waals surface area contributed by atoms with Gasteiger partial charge in [-0.05, 0) is 60.2 Å². The van der Waals surface area contributed by atoms with Crippen molar-refractivity contribution in [3.63, 3.8) is 0 Å². The van der Waals surface area contributed by atoms with E-state index in [0.29, 0.717) is 5.60 Å². The number of ether oxygens (including phenoxy) is 1. The lowest BCUT2D eigenvalue weighted by Crippen LogP contribution is -2.47. The predicted octanol–water partition coefficient (Wildman–Crippen LogP) is 1.53. The minimum Gasteiger partial charge on any atom is -0.369 e. The van der Waals surface area contributed by atoms with Gasteiger partial charge in [0.05, 0.1) is 12.2 Å². The van der Waals surface area contributed by atoms with Crippen molar-refractivity contribution in [1.82, 2.24) is 0 Å². The van der Waals surface area contributed by atoms with Crippen LogP contribution in [0, 0.1) is 47.3 Å². The summed E-state index contributed by atoms with van der Waals surface area (Å²) in [6, 6.07) is 0. The lowest BCUT2D eigenvalue weighted by atomic mass is 9.57. The zero-order chi connectivity index (χ0) is 7.95. The summed E-state index contributed by atoms with van der Waals surface area (Å²) in [5.74, 6) is 9.11. The summed E-state index contributed by atoms with van der Waals surface area (Å²) in [5.41, 5.74) is 0.505. The largest absolute Gasteiger partial charge is 0.369 e. The number of rotatable bonds is 0. The third kappa shape index (κ3) is 0.319. The maximum absolute atomic E-state index is 5.92. The Morgan fingerprint density at radius 2 is 1.62 bits per heavy atom. The van der Waals surface area contributed by atoms with Crippen molar-refractivity contribution in [2.45, 2.75) is 18.4 Å². The van der Waals surface area contributed by atoms with Gasteiger partial charge in [-0.15, -0.1) is 0 Å². The van der Waals surface area contributed by atoms with E-state index >= 15 is 0 Å². The van der Waals surface area contributed by atoms with Crippen LogP contribution < -0.4 is 0 Å². The van der Waals surface area contributed by atoms with Gasteiger partial charge in [-0.1, -0.05) is 0 Å². The molecule has 9 atom stereocenters. The SMILES string of the molecule is C1[C@@H]2[C@H]3[C@H]4C[C@H]5[C@@H]3[C@@H]2[C@]2(CO2)[C@@H]5[C@@H]14. The van der Waals surface area contributed by atoms with Crippen molar-refractivity contribution < 1.29 is 4.74 Å². The fraction of sp³-hybridized carbons (Fsp3) is 1.00. The van der Waals surface area contributed by atoms with E-state index in [-0.39, 0.29) is 0 Å². The van der Waals surface area contributed by atoms with Gasteiger partial charge in [0.15, 0.2) is 0 Å². The Labute approximate surface area is 77.8 Å². The normalized spacial score (nSPS) is 88.6. The molecule has 6 aliphatic rings. The van der Waals surface area contributed by atoms with Crippen molar-refractivity contribution in [2.75, 3.05) is 6.61 Å². The molecule has 5 saturated carbocycles. The van der Waals surface area contributed by atoms with E-state index in [0.717, 1.165) is 36.2 Å². The third-order valence-corrected chi connectivity index (χ3v) is 6.97. The molecule has 5 aliphatic carbocycles. The van der Waals surface area contributed by atoms with Crippen LogP contribution in [-0.4, -0.2) is 12.2 Å². The molecule has 0 amide bonds. The summed E-state index contributed by atoms with van der Waals surface area (Å²) in [4.78, 5) is 0. The van der Waals surface area contributed by atoms with Crippen LogP contribution in [0.3, 0.4) is 0 Å². The Morgan fingerprint density at radius 1 is 0.846 bits per heavy atom. The van der Waals surface area contributed by atoms with Gasteiger partial charge in [-0.3, -0.25) is 0 Å². The van der Waals surface area contributed by atoms with Crippen LogP contribution in [0.4, 0.5) is 0 Å². The average molecular weight is 174 g/mol. The predicted molar refractivity (Wildman–Crippen MR) is 45.8 cm³/mol. The van der Waals surface area contributed by atoms with Crippen LogP contribution >= 0.6 is 0 Å². The Balaban J connectivity index is 1.76. The summed E-state index contributed by atoms with van der Waals surface area (Å²) in [6.45, 7) is 1.15. The van der Waals surface area contributed by atoms with Gasteiger partial charge >= 0.3 is 0 Å². The summed E-state index contributed by atoms with van der Waals surface area (Å²) in [6.07, 6.45) is 3.23. The number of hydrogen-bond donors (Lipinski definition) is 0. The molecule has 1 spiro atoms. The molecule has 0 aromatic heterocycles. The standard InChI is InChI=1S/C12H14O/c1-4-5-2-6-8(4)9-7(1)10(5)12(3-13-12)11(6)9/h4-11H,1-3H2/t4-,5-,6+,7-,8+,9-,10+,11+,12-/m0/s1. The lowest BCUT2D eigenvalue weighted by molar-refractivity contribution is -0.0168. The molecule has 0 aromatic carbocycles. The second-order valence-corrected chi connectivity index (χ2v) is 6.58. The van der Waals surface area contributed by atoms with Crippen LogP contribution in [-0.2, 0) is 4.74 Å². The number of epoxide rings is 1. The highest BCUT2D eigenvalue weighted by Crippen LogP contribution is 2.87. The van der Waals surface area contributed by atoms with E-state index in [1.54, 1.807) is 12.8 Å². The van der Waals surface area contributed by atoms with E-state index in [4.69, 9.17) is 4.74 Å². The van der Waals surface area contributed by atoms with Gasteiger partial charge in [0.1, 0.15) is 0 Å². The molecule has 0 aromatic rings. The molecule has 1 heterocycles. The van der Waals surface area contributed by atoms with Crippen molar-refractivity contribution in [3.8, 4) is 0 Å². The zero-order valence-corrected chi connectivity index (χ0v) is 7.65. The van der Waals surface area contributed by atoms with Crippen LogP contribution in [0.25, 0.3) is 0 Å². The van der Waals surface area contributed by atoms with E-state index < -0.39 is 0 Å². The number of hydrogen-bond acceptors (Lipinski definition) is 1. The molecule has 68 valence electrons. The zero-order valence-electron chi connectivity index (χ0n) is 7.65. The smallest absolute Gasteiger partial charge is 0.0983 e. The fourth-order valence-electron chi connectivity index (χ4n) is 7.16. The van der Waals surface area contributed by atoms with Gasteiger partial charge in [0, 0.05) is 0 Å². The van der Waals surface area contributed by atoms with E-state index in [1.165, 1.54) is 17.8 Å². The third-order valence-electron chi connectivity index (χ3n) is 6.97. The molecular weight excluding hydrogens is 160 g/mol. The highest BCUT2D eigenvalue weighted by Gasteiger charge is 2.88. The maximum atomic E-state index is 5.92. The van der Waals surface area contributed by atoms with Gasteiger partial charge in [0.25, 0.3) is 0 Å². The molecule has 6 rings (SSSR count). The minimum atomic E-state index is 0.505. The molecule has 1 saturated heterocycles. The highest BCUT2D eigenvalue weighted by molar-refractivity contribution is 5.35. The molecule has 13 heavy (non-hydrogen) atoms. The van der Waals surface area contributed by atoms with Gasteiger partial charge in [-0.25, -0.2) is 0 Å². The first kappa shape index (κ1) is 5.75. The molecule has 2 bridgehead atoms. The van der Waals surface area contributed by atoms with Crippen molar-refractivity contribution in [2.24, 2.45) is 47.3 Å². The van der Waals surface area contributed by atoms with E-state index in [2.05, 4.69) is 0 Å². The van der Waals surface area contributed by atoms with Crippen molar-refractivity contribution in [3.05, 3.63) is 0 Å². The Hall–Kier alpha value is -0.0400. The monoisotopic (exact) mass is 174 g/mol. The second kappa shape index (κ2) is 1.25. The summed E-state index contributed by atoms with van der Waals surface area (Å²) in [5, 5.41) is 0. The van der Waals surface area contributed by atoms with Crippen LogP contribution in [0.15, 0.2) is 0 Å². The molecule has 0 unspecified atom stereocenters. The van der Waals surface area contributed by atoms with Crippen LogP contribution in [0.2, 0.25) is 0 Å². The Kier molecular flexibility index (Phi) is 0.551. The maximum Gasteiger partial charge on any atom is 0.0983 e. The van der Waals surface area contributed by atoms with Gasteiger partial charge in [-0.2, -0.15) is 0 Å². The lowest BCUT2D eigenvalue weighted by Gasteiger charge is -2.46. The van der Waals surface area contributed by atoms with Gasteiger partial charge in [0.2, 0.25) is 0 Å². The first-order valence-corrected chi connectivity index (χ1v) is 6.06. The fourth-order valence-corrected chi connectivity index (χ4v) is 7.16. The highest BCUT2D eigenvalue weighted by atomic mass is 16.6. The molecule has 1 nitrogen and oxygen atoms in total. The first-order valence-electron chi connectivity index (χ1n) is 6.06. The summed E-state index contributed by atoms with van der Waals surface area (Å²) >= 11 is 0. The quantitative estimate of drug-likeness (QED) is 0.507. The molecule has 1 aliphatic heterocycles. The average Bonchev–Trinajstić information content (AvgIpc) is 2.54. The molecular formula is C12H14O. The molecule has 0 radical (unpaired) electrons. The van der Waals surface area contributed by atoms with Crippen molar-refractivity contribution >= 4 is 0 Å². The molecule has 0 N–H and O–H groups in total. The summed E-state index contributed by atoms with van der Waals surface area (Å²) in [7, 11) is 0. The first-order chi connectivity index (χ1) is 6.42. The van der Waals surface area contributed by atoms with Crippen LogP contribution in [0.5, 0.6) is 0 Å². The Morgan fingerprint density at radius 3 is 2.46 bits per heavy atom. The molecule has 1 heteroatoms. The molecule has 6 fully saturated rings. The van der Waals surface area contributed by atoms with E-state index in [9.17, 15) is 0 Å². The Bertz CT molecular complexity index is 339. The van der Waals surface area contributed by atoms with Gasteiger partial charge < -0.3 is 4.74 Å². The van der Waals surface area contributed by atoms with Crippen LogP contribution in [0.1, 0.15) is 12.8 Å². The van der Waals surface area contributed by atoms with E-state index in [1.807, 2.05) is 0 Å².